The fraction of sp³-hybridized carbons (Fsp3) is 0.562. The Balaban J connectivity index is 1.53. The maximum atomic E-state index is 12.1. The van der Waals surface area contributed by atoms with Crippen molar-refractivity contribution in [2.45, 2.75) is 13.8 Å². The van der Waals surface area contributed by atoms with Crippen LogP contribution in [0.3, 0.4) is 0 Å². The second-order valence-corrected chi connectivity index (χ2v) is 6.22. The van der Waals surface area contributed by atoms with E-state index in [1.54, 1.807) is 0 Å². The summed E-state index contributed by atoms with van der Waals surface area (Å²) >= 11 is 0. The number of hydrogen-bond donors (Lipinski definition) is 2. The summed E-state index contributed by atoms with van der Waals surface area (Å²) in [5.74, 6) is 1.58. The zero-order valence-corrected chi connectivity index (χ0v) is 12.3. The molecule has 0 radical (unpaired) electrons. The molecule has 2 fully saturated rings. The van der Waals surface area contributed by atoms with Crippen LogP contribution in [0.2, 0.25) is 0 Å². The zero-order valence-electron chi connectivity index (χ0n) is 12.3. The summed E-state index contributed by atoms with van der Waals surface area (Å²) in [6.07, 6.45) is 0. The Bertz CT molecular complexity index is 502. The molecule has 1 aromatic rings. The highest BCUT2D eigenvalue weighted by Gasteiger charge is 2.36. The van der Waals surface area contributed by atoms with Crippen LogP contribution in [0.25, 0.3) is 0 Å². The smallest absolute Gasteiger partial charge is 0.238 e. The fourth-order valence-corrected chi connectivity index (χ4v) is 3.30. The zero-order chi connectivity index (χ0) is 14.1. The number of hydrogen-bond acceptors (Lipinski definition) is 3. The lowest BCUT2D eigenvalue weighted by Crippen LogP contribution is -2.33. The van der Waals surface area contributed by atoms with E-state index in [-0.39, 0.29) is 5.91 Å². The number of nitrogens with zero attached hydrogens (tertiary/aromatic N) is 1. The third-order valence-electron chi connectivity index (χ3n) is 4.62. The van der Waals surface area contributed by atoms with Gasteiger partial charge >= 0.3 is 0 Å². The van der Waals surface area contributed by atoms with Gasteiger partial charge in [-0.2, -0.15) is 0 Å². The van der Waals surface area contributed by atoms with E-state index in [2.05, 4.69) is 35.4 Å². The van der Waals surface area contributed by atoms with Gasteiger partial charge in [-0.1, -0.05) is 6.07 Å². The molecule has 2 atom stereocenters. The predicted octanol–water partition coefficient (Wildman–Crippen LogP) is 1.39. The lowest BCUT2D eigenvalue weighted by molar-refractivity contribution is -0.117. The topological polar surface area (TPSA) is 44.4 Å². The number of carbonyl (C=O) groups excluding carboxylic acids is 1. The van der Waals surface area contributed by atoms with Gasteiger partial charge in [0.25, 0.3) is 0 Å². The first-order valence-corrected chi connectivity index (χ1v) is 7.42. The van der Waals surface area contributed by atoms with Gasteiger partial charge in [-0.05, 0) is 62.0 Å². The first kappa shape index (κ1) is 13.6. The highest BCUT2D eigenvalue weighted by atomic mass is 16.2. The van der Waals surface area contributed by atoms with E-state index >= 15 is 0 Å². The highest BCUT2D eigenvalue weighted by molar-refractivity contribution is 5.92. The largest absolute Gasteiger partial charge is 0.325 e. The van der Waals surface area contributed by atoms with Crippen molar-refractivity contribution in [2.75, 3.05) is 38.0 Å². The van der Waals surface area contributed by atoms with Crippen LogP contribution < -0.4 is 10.6 Å². The number of aryl methyl sites for hydroxylation is 2. The second kappa shape index (κ2) is 5.54. The van der Waals surface area contributed by atoms with E-state index in [4.69, 9.17) is 0 Å². The molecule has 0 bridgehead atoms. The summed E-state index contributed by atoms with van der Waals surface area (Å²) in [7, 11) is 0. The molecule has 4 nitrogen and oxygen atoms in total. The minimum absolute atomic E-state index is 0.0983. The van der Waals surface area contributed by atoms with Crippen LogP contribution in [0.5, 0.6) is 0 Å². The molecule has 2 aliphatic heterocycles. The van der Waals surface area contributed by atoms with Crippen molar-refractivity contribution in [1.29, 1.82) is 0 Å². The first-order valence-electron chi connectivity index (χ1n) is 7.42. The van der Waals surface area contributed by atoms with E-state index in [1.165, 1.54) is 11.1 Å². The molecule has 20 heavy (non-hydrogen) atoms. The predicted molar refractivity (Wildman–Crippen MR) is 80.8 cm³/mol. The molecule has 0 unspecified atom stereocenters. The third kappa shape index (κ3) is 2.86. The van der Waals surface area contributed by atoms with Gasteiger partial charge in [-0.3, -0.25) is 9.69 Å². The van der Waals surface area contributed by atoms with E-state index in [0.717, 1.165) is 43.7 Å². The Morgan fingerprint density at radius 1 is 1.25 bits per heavy atom. The van der Waals surface area contributed by atoms with Gasteiger partial charge in [0.05, 0.1) is 6.54 Å². The first-order chi connectivity index (χ1) is 9.61. The maximum absolute atomic E-state index is 12.1. The lowest BCUT2D eigenvalue weighted by atomic mass is 10.0. The van der Waals surface area contributed by atoms with Crippen molar-refractivity contribution in [3.63, 3.8) is 0 Å². The fourth-order valence-electron chi connectivity index (χ4n) is 3.30. The van der Waals surface area contributed by atoms with Crippen molar-refractivity contribution in [3.8, 4) is 0 Å². The average Bonchev–Trinajstić information content (AvgIpc) is 2.94. The minimum atomic E-state index is 0.0983. The van der Waals surface area contributed by atoms with Crippen LogP contribution in [0.1, 0.15) is 11.1 Å². The molecule has 108 valence electrons. The van der Waals surface area contributed by atoms with Crippen LogP contribution in [-0.2, 0) is 4.79 Å². The number of benzene rings is 1. The number of amides is 1. The molecule has 0 spiro atoms. The number of rotatable bonds is 3. The molecule has 2 aliphatic rings. The standard InChI is InChI=1S/C16H23N3O/c1-11-3-4-15(5-12(11)2)18-16(20)10-19-8-13-6-17-7-14(13)9-19/h3-5,13-14,17H,6-10H2,1-2H3,(H,18,20)/t13-,14+. The molecule has 1 aromatic carbocycles. The summed E-state index contributed by atoms with van der Waals surface area (Å²) in [6.45, 7) is 8.99. The average molecular weight is 273 g/mol. The molecule has 2 saturated heterocycles. The van der Waals surface area contributed by atoms with Gasteiger partial charge in [-0.25, -0.2) is 0 Å². The van der Waals surface area contributed by atoms with E-state index < -0.39 is 0 Å². The van der Waals surface area contributed by atoms with Crippen LogP contribution in [0, 0.1) is 25.7 Å². The summed E-state index contributed by atoms with van der Waals surface area (Å²) in [5, 5.41) is 6.43. The van der Waals surface area contributed by atoms with Crippen LogP contribution >= 0.6 is 0 Å². The van der Waals surface area contributed by atoms with Gasteiger partial charge in [0.1, 0.15) is 0 Å². The Hall–Kier alpha value is -1.39. The minimum Gasteiger partial charge on any atom is -0.325 e. The Labute approximate surface area is 120 Å². The number of nitrogens with one attached hydrogen (secondary N) is 2. The summed E-state index contributed by atoms with van der Waals surface area (Å²) in [5.41, 5.74) is 3.37. The number of carbonyl (C=O) groups is 1. The SMILES string of the molecule is Cc1ccc(NC(=O)CN2C[C@H]3CNC[C@H]3C2)cc1C. The van der Waals surface area contributed by atoms with Crippen molar-refractivity contribution in [3.05, 3.63) is 29.3 Å². The normalized spacial score (nSPS) is 25.7. The van der Waals surface area contributed by atoms with Crippen molar-refractivity contribution < 1.29 is 4.79 Å². The molecule has 1 amide bonds. The van der Waals surface area contributed by atoms with Crippen LogP contribution in [0.15, 0.2) is 18.2 Å². The highest BCUT2D eigenvalue weighted by Crippen LogP contribution is 2.25. The van der Waals surface area contributed by atoms with Gasteiger partial charge in [-0.15, -0.1) is 0 Å². The molecular weight excluding hydrogens is 250 g/mol. The number of fused-ring (bicyclic) bond motifs is 1. The molecule has 2 heterocycles. The number of likely N-dealkylation sites (tertiary alicyclic amines) is 1. The Kier molecular flexibility index (Phi) is 3.76. The van der Waals surface area contributed by atoms with Gasteiger partial charge in [0, 0.05) is 18.8 Å². The Morgan fingerprint density at radius 3 is 2.60 bits per heavy atom. The van der Waals surface area contributed by atoms with E-state index in [1.807, 2.05) is 12.1 Å². The molecule has 4 heteroatoms. The molecule has 3 rings (SSSR count). The van der Waals surface area contributed by atoms with Gasteiger partial charge in [0.2, 0.25) is 5.91 Å². The van der Waals surface area contributed by atoms with Crippen molar-refractivity contribution in [2.24, 2.45) is 11.8 Å². The van der Waals surface area contributed by atoms with Gasteiger partial charge < -0.3 is 10.6 Å². The van der Waals surface area contributed by atoms with Crippen LogP contribution in [0.4, 0.5) is 5.69 Å². The molecule has 2 N–H and O–H groups in total. The van der Waals surface area contributed by atoms with Crippen molar-refractivity contribution >= 4 is 11.6 Å². The molecule has 0 saturated carbocycles. The second-order valence-electron chi connectivity index (χ2n) is 6.22. The maximum Gasteiger partial charge on any atom is 0.238 e. The Morgan fingerprint density at radius 2 is 1.95 bits per heavy atom. The van der Waals surface area contributed by atoms with Crippen LogP contribution in [-0.4, -0.2) is 43.5 Å². The lowest BCUT2D eigenvalue weighted by Gasteiger charge is -2.16. The van der Waals surface area contributed by atoms with Crippen molar-refractivity contribution in [1.82, 2.24) is 10.2 Å². The molecule has 0 aliphatic carbocycles. The monoisotopic (exact) mass is 273 g/mol. The molecular formula is C16H23N3O. The molecule has 0 aromatic heterocycles. The van der Waals surface area contributed by atoms with Gasteiger partial charge in [0.15, 0.2) is 0 Å². The summed E-state index contributed by atoms with van der Waals surface area (Å²) < 4.78 is 0. The third-order valence-corrected chi connectivity index (χ3v) is 4.62. The number of anilines is 1. The quantitative estimate of drug-likeness (QED) is 0.875. The summed E-state index contributed by atoms with van der Waals surface area (Å²) in [4.78, 5) is 14.4. The van der Waals surface area contributed by atoms with E-state index in [9.17, 15) is 4.79 Å². The summed E-state index contributed by atoms with van der Waals surface area (Å²) in [6, 6.07) is 6.07. The van der Waals surface area contributed by atoms with E-state index in [0.29, 0.717) is 6.54 Å².